The SMILES string of the molecule is CC1CCCCCN1S(=O)(=O)CCSc1ccc(N)cc1. The van der Waals surface area contributed by atoms with Gasteiger partial charge in [0.25, 0.3) is 0 Å². The molecule has 0 spiro atoms. The van der Waals surface area contributed by atoms with Crippen LogP contribution >= 0.6 is 11.8 Å². The topological polar surface area (TPSA) is 63.4 Å². The van der Waals surface area contributed by atoms with Gasteiger partial charge in [0.1, 0.15) is 0 Å². The van der Waals surface area contributed by atoms with Crippen molar-refractivity contribution in [1.29, 1.82) is 0 Å². The molecule has 0 bridgehead atoms. The number of benzene rings is 1. The molecule has 6 heteroatoms. The van der Waals surface area contributed by atoms with Crippen LogP contribution in [0.4, 0.5) is 5.69 Å². The summed E-state index contributed by atoms with van der Waals surface area (Å²) in [7, 11) is -3.15. The largest absolute Gasteiger partial charge is 0.399 e. The Labute approximate surface area is 132 Å². The molecule has 1 heterocycles. The van der Waals surface area contributed by atoms with Crippen molar-refractivity contribution in [1.82, 2.24) is 4.31 Å². The molecule has 1 aromatic carbocycles. The van der Waals surface area contributed by atoms with E-state index in [2.05, 4.69) is 0 Å². The van der Waals surface area contributed by atoms with E-state index in [0.717, 1.165) is 36.3 Å². The molecule has 118 valence electrons. The Morgan fingerprint density at radius 1 is 1.24 bits per heavy atom. The first-order valence-corrected chi connectivity index (χ1v) is 10.1. The van der Waals surface area contributed by atoms with Gasteiger partial charge in [0.2, 0.25) is 10.0 Å². The van der Waals surface area contributed by atoms with Crippen molar-refractivity contribution in [3.63, 3.8) is 0 Å². The summed E-state index contributed by atoms with van der Waals surface area (Å²) >= 11 is 1.57. The molecule has 1 aliphatic rings. The van der Waals surface area contributed by atoms with Crippen LogP contribution in [0.15, 0.2) is 29.2 Å². The van der Waals surface area contributed by atoms with Gasteiger partial charge in [0.05, 0.1) is 5.75 Å². The predicted octanol–water partition coefficient (Wildman–Crippen LogP) is 2.96. The average Bonchev–Trinajstić information content (AvgIpc) is 2.66. The number of nitrogens with zero attached hydrogens (tertiary/aromatic N) is 1. The van der Waals surface area contributed by atoms with Gasteiger partial charge < -0.3 is 5.73 Å². The number of rotatable bonds is 5. The van der Waals surface area contributed by atoms with Crippen molar-refractivity contribution in [2.75, 3.05) is 23.8 Å². The van der Waals surface area contributed by atoms with Crippen LogP contribution in [0, 0.1) is 0 Å². The second kappa shape index (κ2) is 7.51. The minimum absolute atomic E-state index is 0.138. The maximum absolute atomic E-state index is 12.5. The molecule has 2 rings (SSSR count). The fourth-order valence-electron chi connectivity index (χ4n) is 2.61. The van der Waals surface area contributed by atoms with Gasteiger partial charge in [-0.25, -0.2) is 8.42 Å². The predicted molar refractivity (Wildman–Crippen MR) is 90.0 cm³/mol. The fourth-order valence-corrected chi connectivity index (χ4v) is 5.64. The van der Waals surface area contributed by atoms with Crippen LogP contribution in [0.2, 0.25) is 0 Å². The number of anilines is 1. The first-order chi connectivity index (χ1) is 9.99. The molecule has 0 aromatic heterocycles. The second-order valence-electron chi connectivity index (χ2n) is 5.54. The Morgan fingerprint density at radius 2 is 1.95 bits per heavy atom. The van der Waals surface area contributed by atoms with Crippen molar-refractivity contribution in [3.05, 3.63) is 24.3 Å². The van der Waals surface area contributed by atoms with Crippen molar-refractivity contribution in [2.45, 2.75) is 43.5 Å². The van der Waals surface area contributed by atoms with Crippen LogP contribution < -0.4 is 5.73 Å². The molecular weight excluding hydrogens is 304 g/mol. The quantitative estimate of drug-likeness (QED) is 0.667. The molecule has 0 radical (unpaired) electrons. The molecular formula is C15H24N2O2S2. The lowest BCUT2D eigenvalue weighted by molar-refractivity contribution is 0.343. The van der Waals surface area contributed by atoms with Gasteiger partial charge in [-0.2, -0.15) is 4.31 Å². The summed E-state index contributed by atoms with van der Waals surface area (Å²) in [5, 5.41) is 0. The number of sulfonamides is 1. The number of hydrogen-bond donors (Lipinski definition) is 1. The summed E-state index contributed by atoms with van der Waals surface area (Å²) in [6.07, 6.45) is 4.23. The molecule has 0 saturated carbocycles. The number of hydrogen-bond acceptors (Lipinski definition) is 4. The Morgan fingerprint density at radius 3 is 2.67 bits per heavy atom. The Kier molecular flexibility index (Phi) is 5.96. The molecule has 1 unspecified atom stereocenters. The van der Waals surface area contributed by atoms with E-state index < -0.39 is 10.0 Å². The standard InChI is InChI=1S/C15H24N2O2S2/c1-13-5-3-2-4-10-17(13)21(18,19)12-11-20-15-8-6-14(16)7-9-15/h6-9,13H,2-5,10-12,16H2,1H3. The first kappa shape index (κ1) is 16.6. The maximum Gasteiger partial charge on any atom is 0.215 e. The maximum atomic E-state index is 12.5. The van der Waals surface area contributed by atoms with Crippen LogP contribution in [-0.2, 0) is 10.0 Å². The Balaban J connectivity index is 1.89. The third-order valence-electron chi connectivity index (χ3n) is 3.84. The van der Waals surface area contributed by atoms with Crippen molar-refractivity contribution in [3.8, 4) is 0 Å². The van der Waals surface area contributed by atoms with E-state index in [9.17, 15) is 8.42 Å². The third kappa shape index (κ3) is 4.90. The van der Waals surface area contributed by atoms with Gasteiger partial charge in [-0.3, -0.25) is 0 Å². The highest BCUT2D eigenvalue weighted by atomic mass is 32.2. The molecule has 2 N–H and O–H groups in total. The lowest BCUT2D eigenvalue weighted by Gasteiger charge is -2.26. The lowest BCUT2D eigenvalue weighted by Crippen LogP contribution is -2.40. The summed E-state index contributed by atoms with van der Waals surface area (Å²) in [6, 6.07) is 7.68. The minimum Gasteiger partial charge on any atom is -0.399 e. The second-order valence-corrected chi connectivity index (χ2v) is 8.75. The lowest BCUT2D eigenvalue weighted by atomic mass is 10.1. The van der Waals surface area contributed by atoms with Gasteiger partial charge in [-0.15, -0.1) is 11.8 Å². The normalized spacial score (nSPS) is 21.1. The third-order valence-corrected chi connectivity index (χ3v) is 7.09. The summed E-state index contributed by atoms with van der Waals surface area (Å²) in [4.78, 5) is 1.06. The van der Waals surface area contributed by atoms with Gasteiger partial charge in [-0.1, -0.05) is 12.8 Å². The highest BCUT2D eigenvalue weighted by molar-refractivity contribution is 8.00. The smallest absolute Gasteiger partial charge is 0.215 e. The van der Waals surface area contributed by atoms with E-state index in [0.29, 0.717) is 12.3 Å². The van der Waals surface area contributed by atoms with Crippen molar-refractivity contribution in [2.24, 2.45) is 0 Å². The monoisotopic (exact) mass is 328 g/mol. The molecule has 21 heavy (non-hydrogen) atoms. The van der Waals surface area contributed by atoms with Crippen LogP contribution in [0.3, 0.4) is 0 Å². The summed E-state index contributed by atoms with van der Waals surface area (Å²) in [6.45, 7) is 2.70. The summed E-state index contributed by atoms with van der Waals surface area (Å²) < 4.78 is 26.7. The highest BCUT2D eigenvalue weighted by Gasteiger charge is 2.27. The molecule has 1 aliphatic heterocycles. The summed E-state index contributed by atoms with van der Waals surface area (Å²) in [5.74, 6) is 0.780. The van der Waals surface area contributed by atoms with Crippen LogP contribution in [-0.4, -0.2) is 36.8 Å². The minimum atomic E-state index is -3.15. The molecule has 0 aliphatic carbocycles. The Bertz CT molecular complexity index is 543. The van der Waals surface area contributed by atoms with Crippen LogP contribution in [0.25, 0.3) is 0 Å². The fraction of sp³-hybridized carbons (Fsp3) is 0.600. The zero-order valence-electron chi connectivity index (χ0n) is 12.5. The van der Waals surface area contributed by atoms with E-state index in [1.165, 1.54) is 0 Å². The van der Waals surface area contributed by atoms with Crippen LogP contribution in [0.5, 0.6) is 0 Å². The summed E-state index contributed by atoms with van der Waals surface area (Å²) in [5.41, 5.74) is 6.37. The van der Waals surface area contributed by atoms with Gasteiger partial charge in [-0.05, 0) is 44.0 Å². The van der Waals surface area contributed by atoms with Crippen LogP contribution in [0.1, 0.15) is 32.6 Å². The number of nitrogens with two attached hydrogens (primary N) is 1. The van der Waals surface area contributed by atoms with E-state index >= 15 is 0 Å². The van der Waals surface area contributed by atoms with E-state index in [-0.39, 0.29) is 11.8 Å². The first-order valence-electron chi connectivity index (χ1n) is 7.47. The zero-order chi connectivity index (χ0) is 15.3. The van der Waals surface area contributed by atoms with Gasteiger partial charge in [0.15, 0.2) is 0 Å². The molecule has 1 aromatic rings. The van der Waals surface area contributed by atoms with E-state index in [1.807, 2.05) is 31.2 Å². The molecule has 0 amide bonds. The molecule has 1 fully saturated rings. The van der Waals surface area contributed by atoms with Crippen molar-refractivity contribution < 1.29 is 8.42 Å². The molecule has 4 nitrogen and oxygen atoms in total. The van der Waals surface area contributed by atoms with Crippen molar-refractivity contribution >= 4 is 27.5 Å². The molecule has 1 saturated heterocycles. The Hall–Kier alpha value is -0.720. The van der Waals surface area contributed by atoms with Gasteiger partial charge in [0, 0.05) is 28.9 Å². The highest BCUT2D eigenvalue weighted by Crippen LogP contribution is 2.23. The number of nitrogen functional groups attached to an aromatic ring is 1. The zero-order valence-corrected chi connectivity index (χ0v) is 14.1. The van der Waals surface area contributed by atoms with E-state index in [4.69, 9.17) is 5.73 Å². The van der Waals surface area contributed by atoms with E-state index in [1.54, 1.807) is 16.1 Å². The average molecular weight is 329 g/mol. The molecule has 1 atom stereocenters. The number of thioether (sulfide) groups is 1. The van der Waals surface area contributed by atoms with Gasteiger partial charge >= 0.3 is 0 Å².